The van der Waals surface area contributed by atoms with Gasteiger partial charge in [0.1, 0.15) is 6.17 Å². The number of hydrogen-bond acceptors (Lipinski definition) is 2. The zero-order valence-corrected chi connectivity index (χ0v) is 14.1. The zero-order valence-electron chi connectivity index (χ0n) is 13.3. The van der Waals surface area contributed by atoms with Crippen LogP contribution in [0.15, 0.2) is 24.3 Å². The molecule has 0 spiro atoms. The summed E-state index contributed by atoms with van der Waals surface area (Å²) in [5, 5.41) is 4.22. The van der Waals surface area contributed by atoms with Crippen molar-refractivity contribution in [2.75, 3.05) is 0 Å². The summed E-state index contributed by atoms with van der Waals surface area (Å²) in [5.41, 5.74) is 0.561. The van der Waals surface area contributed by atoms with Crippen LogP contribution in [0.3, 0.4) is 0 Å². The van der Waals surface area contributed by atoms with E-state index in [1.165, 1.54) is 0 Å². The predicted octanol–water partition coefficient (Wildman–Crippen LogP) is 4.13. The first-order valence-corrected chi connectivity index (χ1v) is 8.16. The molecule has 0 aromatic heterocycles. The standard InChI is InChI=1S/C17H25ClN2O/c1-5-8-12(3)20-15(13-9-7-10-14(18)11-13)19-17(4,6-2)16(20)21/h7,9-12,15,19H,5-6,8H2,1-4H3. The van der Waals surface area contributed by atoms with Crippen molar-refractivity contribution in [1.29, 1.82) is 0 Å². The fourth-order valence-electron chi connectivity index (χ4n) is 3.02. The molecule has 1 amide bonds. The minimum atomic E-state index is -0.491. The van der Waals surface area contributed by atoms with Crippen LogP contribution in [0, 0.1) is 0 Å². The minimum Gasteiger partial charge on any atom is -0.319 e. The first-order valence-electron chi connectivity index (χ1n) is 7.79. The van der Waals surface area contributed by atoms with Crippen LogP contribution >= 0.6 is 11.6 Å². The van der Waals surface area contributed by atoms with Gasteiger partial charge in [-0.25, -0.2) is 0 Å². The number of benzene rings is 1. The SMILES string of the molecule is CCCC(C)N1C(=O)C(C)(CC)NC1c1cccc(Cl)c1. The van der Waals surface area contributed by atoms with Crippen LogP contribution in [-0.4, -0.2) is 22.4 Å². The lowest BCUT2D eigenvalue weighted by Gasteiger charge is -2.30. The first kappa shape index (κ1) is 16.3. The van der Waals surface area contributed by atoms with Gasteiger partial charge in [-0.3, -0.25) is 10.1 Å². The lowest BCUT2D eigenvalue weighted by atomic mass is 9.99. The molecule has 1 aromatic rings. The number of hydrogen-bond donors (Lipinski definition) is 1. The van der Waals surface area contributed by atoms with Gasteiger partial charge in [0.2, 0.25) is 5.91 Å². The molecule has 3 nitrogen and oxygen atoms in total. The molecule has 3 unspecified atom stereocenters. The van der Waals surface area contributed by atoms with Crippen LogP contribution in [-0.2, 0) is 4.79 Å². The van der Waals surface area contributed by atoms with E-state index in [0.717, 1.165) is 24.8 Å². The summed E-state index contributed by atoms with van der Waals surface area (Å²) in [7, 11) is 0. The van der Waals surface area contributed by atoms with E-state index < -0.39 is 5.54 Å². The molecule has 0 saturated carbocycles. The van der Waals surface area contributed by atoms with Crippen LogP contribution < -0.4 is 5.32 Å². The Morgan fingerprint density at radius 1 is 1.43 bits per heavy atom. The fourth-order valence-corrected chi connectivity index (χ4v) is 3.22. The highest BCUT2D eigenvalue weighted by Crippen LogP contribution is 2.35. The Morgan fingerprint density at radius 2 is 2.14 bits per heavy atom. The van der Waals surface area contributed by atoms with Crippen molar-refractivity contribution < 1.29 is 4.79 Å². The van der Waals surface area contributed by atoms with Crippen molar-refractivity contribution in [2.24, 2.45) is 0 Å². The molecule has 1 N–H and O–H groups in total. The van der Waals surface area contributed by atoms with Gasteiger partial charge < -0.3 is 4.90 Å². The molecule has 2 rings (SSSR count). The van der Waals surface area contributed by atoms with Crippen LogP contribution in [0.2, 0.25) is 5.02 Å². The fraction of sp³-hybridized carbons (Fsp3) is 0.588. The Balaban J connectivity index is 2.39. The first-order chi connectivity index (χ1) is 9.92. The van der Waals surface area contributed by atoms with Crippen molar-refractivity contribution in [3.63, 3.8) is 0 Å². The number of carbonyl (C=O) groups excluding carboxylic acids is 1. The molecule has 0 radical (unpaired) electrons. The number of nitrogens with one attached hydrogen (secondary N) is 1. The molecular formula is C17H25ClN2O. The van der Waals surface area contributed by atoms with Crippen molar-refractivity contribution in [1.82, 2.24) is 10.2 Å². The summed E-state index contributed by atoms with van der Waals surface area (Å²) in [6, 6.07) is 7.99. The molecule has 0 bridgehead atoms. The van der Waals surface area contributed by atoms with Crippen molar-refractivity contribution >= 4 is 17.5 Å². The van der Waals surface area contributed by atoms with Gasteiger partial charge in [0.05, 0.1) is 5.54 Å². The lowest BCUT2D eigenvalue weighted by Crippen LogP contribution is -2.44. The highest BCUT2D eigenvalue weighted by molar-refractivity contribution is 6.30. The van der Waals surface area contributed by atoms with Gasteiger partial charge in [0, 0.05) is 11.1 Å². The van der Waals surface area contributed by atoms with E-state index in [2.05, 4.69) is 19.2 Å². The van der Waals surface area contributed by atoms with E-state index >= 15 is 0 Å². The molecule has 1 aliphatic rings. The number of rotatable bonds is 5. The van der Waals surface area contributed by atoms with Gasteiger partial charge >= 0.3 is 0 Å². The molecule has 1 fully saturated rings. The van der Waals surface area contributed by atoms with Gasteiger partial charge in [-0.15, -0.1) is 0 Å². The van der Waals surface area contributed by atoms with Crippen LogP contribution in [0.25, 0.3) is 0 Å². The molecule has 4 heteroatoms. The topological polar surface area (TPSA) is 32.3 Å². The largest absolute Gasteiger partial charge is 0.319 e. The quantitative estimate of drug-likeness (QED) is 0.887. The molecule has 3 atom stereocenters. The second kappa shape index (κ2) is 6.37. The molecule has 1 aromatic carbocycles. The Bertz CT molecular complexity index is 519. The van der Waals surface area contributed by atoms with Crippen LogP contribution in [0.1, 0.15) is 58.7 Å². The maximum absolute atomic E-state index is 12.9. The van der Waals surface area contributed by atoms with E-state index in [4.69, 9.17) is 11.6 Å². The molecular weight excluding hydrogens is 284 g/mol. The summed E-state index contributed by atoms with van der Waals surface area (Å²) < 4.78 is 0. The van der Waals surface area contributed by atoms with Gasteiger partial charge in [0.15, 0.2) is 0 Å². The number of amides is 1. The average Bonchev–Trinajstić information content (AvgIpc) is 2.72. The Kier molecular flexibility index (Phi) is 4.95. The monoisotopic (exact) mass is 308 g/mol. The van der Waals surface area contributed by atoms with E-state index in [1.54, 1.807) is 0 Å². The van der Waals surface area contributed by atoms with E-state index in [0.29, 0.717) is 5.02 Å². The Hall–Kier alpha value is -1.06. The summed E-state index contributed by atoms with van der Waals surface area (Å²) in [4.78, 5) is 14.9. The van der Waals surface area contributed by atoms with E-state index in [1.807, 2.05) is 43.0 Å². The number of carbonyl (C=O) groups is 1. The smallest absolute Gasteiger partial charge is 0.244 e. The minimum absolute atomic E-state index is 0.0947. The average molecular weight is 309 g/mol. The third-order valence-electron chi connectivity index (χ3n) is 4.49. The second-order valence-corrected chi connectivity index (χ2v) is 6.57. The number of halogens is 1. The van der Waals surface area contributed by atoms with E-state index in [9.17, 15) is 4.79 Å². The highest BCUT2D eigenvalue weighted by atomic mass is 35.5. The Labute approximate surface area is 132 Å². The maximum atomic E-state index is 12.9. The van der Waals surface area contributed by atoms with Crippen molar-refractivity contribution in [2.45, 2.75) is 64.7 Å². The maximum Gasteiger partial charge on any atom is 0.244 e. The summed E-state index contributed by atoms with van der Waals surface area (Å²) in [6.45, 7) is 8.32. The third-order valence-corrected chi connectivity index (χ3v) is 4.73. The van der Waals surface area contributed by atoms with Gasteiger partial charge in [-0.1, -0.05) is 44.0 Å². The molecule has 1 heterocycles. The van der Waals surface area contributed by atoms with Gasteiger partial charge in [-0.2, -0.15) is 0 Å². The number of nitrogens with zero attached hydrogens (tertiary/aromatic N) is 1. The molecule has 0 aliphatic carbocycles. The summed E-state index contributed by atoms with van der Waals surface area (Å²) in [5.74, 6) is 0.191. The normalized spacial score (nSPS) is 27.2. The lowest BCUT2D eigenvalue weighted by molar-refractivity contribution is -0.135. The molecule has 1 aliphatic heterocycles. The summed E-state index contributed by atoms with van der Waals surface area (Å²) in [6.07, 6.45) is 2.75. The summed E-state index contributed by atoms with van der Waals surface area (Å²) >= 11 is 6.12. The van der Waals surface area contributed by atoms with E-state index in [-0.39, 0.29) is 18.1 Å². The molecule has 1 saturated heterocycles. The third kappa shape index (κ3) is 3.09. The van der Waals surface area contributed by atoms with Crippen molar-refractivity contribution in [3.8, 4) is 0 Å². The van der Waals surface area contributed by atoms with Gasteiger partial charge in [-0.05, 0) is 44.4 Å². The molecule has 21 heavy (non-hydrogen) atoms. The van der Waals surface area contributed by atoms with Crippen LogP contribution in [0.5, 0.6) is 0 Å². The van der Waals surface area contributed by atoms with Crippen molar-refractivity contribution in [3.05, 3.63) is 34.9 Å². The highest BCUT2D eigenvalue weighted by Gasteiger charge is 2.48. The zero-order chi connectivity index (χ0) is 15.6. The molecule has 116 valence electrons. The van der Waals surface area contributed by atoms with Gasteiger partial charge in [0.25, 0.3) is 0 Å². The second-order valence-electron chi connectivity index (χ2n) is 6.14. The van der Waals surface area contributed by atoms with Crippen LogP contribution in [0.4, 0.5) is 0 Å². The predicted molar refractivity (Wildman–Crippen MR) is 87.2 cm³/mol. The Morgan fingerprint density at radius 3 is 2.71 bits per heavy atom.